The highest BCUT2D eigenvalue weighted by Crippen LogP contribution is 2.20. The summed E-state index contributed by atoms with van der Waals surface area (Å²) in [5, 5.41) is 12.8. The van der Waals surface area contributed by atoms with Crippen molar-refractivity contribution in [3.63, 3.8) is 0 Å². The van der Waals surface area contributed by atoms with Gasteiger partial charge in [0.15, 0.2) is 5.16 Å². The molecule has 0 saturated carbocycles. The van der Waals surface area contributed by atoms with Gasteiger partial charge < -0.3 is 15.4 Å². The van der Waals surface area contributed by atoms with E-state index >= 15 is 0 Å². The van der Waals surface area contributed by atoms with Crippen molar-refractivity contribution in [1.29, 1.82) is 0 Å². The monoisotopic (exact) mass is 339 g/mol. The highest BCUT2D eigenvalue weighted by molar-refractivity contribution is 7.99. The van der Waals surface area contributed by atoms with Crippen LogP contribution in [0.5, 0.6) is 5.88 Å². The zero-order valence-electron chi connectivity index (χ0n) is 11.7. The van der Waals surface area contributed by atoms with E-state index in [2.05, 4.69) is 15.3 Å². The Bertz CT molecular complexity index is 748. The fourth-order valence-electron chi connectivity index (χ4n) is 1.63. The van der Waals surface area contributed by atoms with E-state index in [4.69, 9.17) is 11.6 Å². The molecule has 3 N–H and O–H groups in total. The molecule has 1 amide bonds. The van der Waals surface area contributed by atoms with Gasteiger partial charge in [0, 0.05) is 22.9 Å². The van der Waals surface area contributed by atoms with Gasteiger partial charge in [0.1, 0.15) is 0 Å². The number of halogens is 1. The summed E-state index contributed by atoms with van der Waals surface area (Å²) in [5.74, 6) is -0.0995. The lowest BCUT2D eigenvalue weighted by Crippen LogP contribution is -2.12. The molecule has 1 aromatic heterocycles. The SMILES string of the molecule is Cc1ccc(NC(=O)CCSc2nc(O)cc(=O)[nH]2)cc1Cl. The zero-order valence-corrected chi connectivity index (χ0v) is 13.3. The van der Waals surface area contributed by atoms with Crippen molar-refractivity contribution in [2.45, 2.75) is 18.5 Å². The van der Waals surface area contributed by atoms with Crippen LogP contribution in [0.4, 0.5) is 5.69 Å². The summed E-state index contributed by atoms with van der Waals surface area (Å²) in [7, 11) is 0. The Morgan fingerprint density at radius 2 is 2.23 bits per heavy atom. The number of hydrogen-bond donors (Lipinski definition) is 3. The topological polar surface area (TPSA) is 95.1 Å². The highest BCUT2D eigenvalue weighted by atomic mass is 35.5. The molecule has 6 nitrogen and oxygen atoms in total. The Morgan fingerprint density at radius 3 is 2.91 bits per heavy atom. The van der Waals surface area contributed by atoms with Gasteiger partial charge in [0.05, 0.1) is 6.07 Å². The van der Waals surface area contributed by atoms with Gasteiger partial charge in [0.25, 0.3) is 5.56 Å². The molecule has 0 saturated heterocycles. The van der Waals surface area contributed by atoms with Crippen LogP contribution in [-0.2, 0) is 4.79 Å². The fraction of sp³-hybridized carbons (Fsp3) is 0.214. The molecule has 0 aliphatic heterocycles. The number of thioether (sulfide) groups is 1. The van der Waals surface area contributed by atoms with E-state index in [1.54, 1.807) is 12.1 Å². The summed E-state index contributed by atoms with van der Waals surface area (Å²) in [5.41, 5.74) is 1.14. The summed E-state index contributed by atoms with van der Waals surface area (Å²) in [6.45, 7) is 1.88. The minimum Gasteiger partial charge on any atom is -0.493 e. The molecule has 1 heterocycles. The molecule has 0 fully saturated rings. The number of rotatable bonds is 5. The van der Waals surface area contributed by atoms with E-state index < -0.39 is 5.56 Å². The molecule has 0 aliphatic rings. The lowest BCUT2D eigenvalue weighted by atomic mass is 10.2. The number of carbonyl (C=O) groups excluding carboxylic acids is 1. The van der Waals surface area contributed by atoms with E-state index in [0.29, 0.717) is 16.5 Å². The molecule has 22 heavy (non-hydrogen) atoms. The Hall–Kier alpha value is -1.99. The van der Waals surface area contributed by atoms with Gasteiger partial charge in [-0.15, -0.1) is 0 Å². The number of nitrogens with zero attached hydrogens (tertiary/aromatic N) is 1. The number of hydrogen-bond acceptors (Lipinski definition) is 5. The van der Waals surface area contributed by atoms with Crippen LogP contribution in [0.15, 0.2) is 34.2 Å². The average molecular weight is 340 g/mol. The number of H-pyrrole nitrogens is 1. The first-order valence-corrected chi connectivity index (χ1v) is 7.79. The normalized spacial score (nSPS) is 10.5. The maximum Gasteiger partial charge on any atom is 0.255 e. The number of carbonyl (C=O) groups is 1. The van der Waals surface area contributed by atoms with E-state index in [1.807, 2.05) is 13.0 Å². The summed E-state index contributed by atoms with van der Waals surface area (Å²) in [6.07, 6.45) is 0.232. The number of nitrogens with one attached hydrogen (secondary N) is 2. The van der Waals surface area contributed by atoms with Crippen molar-refractivity contribution in [2.75, 3.05) is 11.1 Å². The summed E-state index contributed by atoms with van der Waals surface area (Å²) < 4.78 is 0. The van der Waals surface area contributed by atoms with Crippen LogP contribution in [-0.4, -0.2) is 26.7 Å². The number of anilines is 1. The third-order valence-electron chi connectivity index (χ3n) is 2.73. The van der Waals surface area contributed by atoms with Crippen LogP contribution < -0.4 is 10.9 Å². The molecule has 0 bridgehead atoms. The molecule has 0 spiro atoms. The molecular weight excluding hydrogens is 326 g/mol. The summed E-state index contributed by atoms with van der Waals surface area (Å²) >= 11 is 7.17. The van der Waals surface area contributed by atoms with Crippen LogP contribution in [0.3, 0.4) is 0 Å². The maximum absolute atomic E-state index is 11.8. The molecule has 8 heteroatoms. The number of aromatic nitrogens is 2. The molecule has 2 aromatic rings. The second-order valence-corrected chi connectivity index (χ2v) is 6.01. The number of aryl methyl sites for hydroxylation is 1. The standard InChI is InChI=1S/C14H14ClN3O3S/c1-8-2-3-9(6-10(8)15)16-11(19)4-5-22-14-17-12(20)7-13(21)18-14/h2-3,6-7H,4-5H2,1H3,(H,16,19)(H2,17,18,20,21). The third kappa shape index (κ3) is 4.78. The zero-order chi connectivity index (χ0) is 16.1. The van der Waals surface area contributed by atoms with Gasteiger partial charge in [-0.2, -0.15) is 4.98 Å². The second-order valence-electron chi connectivity index (χ2n) is 4.52. The van der Waals surface area contributed by atoms with Crippen molar-refractivity contribution >= 4 is 35.0 Å². The molecule has 0 atom stereocenters. The number of aromatic hydroxyl groups is 1. The van der Waals surface area contributed by atoms with Gasteiger partial charge in [-0.05, 0) is 24.6 Å². The Morgan fingerprint density at radius 1 is 1.45 bits per heavy atom. The first-order valence-electron chi connectivity index (χ1n) is 6.43. The fourth-order valence-corrected chi connectivity index (χ4v) is 2.62. The van der Waals surface area contributed by atoms with Gasteiger partial charge >= 0.3 is 0 Å². The molecule has 2 rings (SSSR count). The lowest BCUT2D eigenvalue weighted by Gasteiger charge is -2.06. The van der Waals surface area contributed by atoms with Crippen molar-refractivity contribution in [3.8, 4) is 5.88 Å². The van der Waals surface area contributed by atoms with Crippen LogP contribution in [0.1, 0.15) is 12.0 Å². The predicted octanol–water partition coefficient (Wildman–Crippen LogP) is 2.56. The Kier molecular flexibility index (Phi) is 5.46. The summed E-state index contributed by atoms with van der Waals surface area (Å²) in [4.78, 5) is 29.2. The van der Waals surface area contributed by atoms with Crippen molar-refractivity contribution < 1.29 is 9.90 Å². The molecule has 0 aliphatic carbocycles. The van der Waals surface area contributed by atoms with Gasteiger partial charge in [-0.1, -0.05) is 29.4 Å². The van der Waals surface area contributed by atoms with E-state index in [1.165, 1.54) is 11.8 Å². The number of amides is 1. The quantitative estimate of drug-likeness (QED) is 0.575. The van der Waals surface area contributed by atoms with Crippen molar-refractivity contribution in [2.24, 2.45) is 0 Å². The van der Waals surface area contributed by atoms with Crippen LogP contribution >= 0.6 is 23.4 Å². The smallest absolute Gasteiger partial charge is 0.255 e. The molecule has 0 radical (unpaired) electrons. The van der Waals surface area contributed by atoms with Crippen molar-refractivity contribution in [1.82, 2.24) is 9.97 Å². The molecular formula is C14H14ClN3O3S. The van der Waals surface area contributed by atoms with Crippen LogP contribution in [0, 0.1) is 6.92 Å². The predicted molar refractivity (Wildman–Crippen MR) is 86.7 cm³/mol. The average Bonchev–Trinajstić information content (AvgIpc) is 2.42. The van der Waals surface area contributed by atoms with Crippen molar-refractivity contribution in [3.05, 3.63) is 45.2 Å². The van der Waals surface area contributed by atoms with Gasteiger partial charge in [0.2, 0.25) is 11.8 Å². The summed E-state index contributed by atoms with van der Waals surface area (Å²) in [6, 6.07) is 6.28. The van der Waals surface area contributed by atoms with E-state index in [0.717, 1.165) is 11.6 Å². The first-order chi connectivity index (χ1) is 10.4. The maximum atomic E-state index is 11.8. The second kappa shape index (κ2) is 7.33. The number of benzene rings is 1. The third-order valence-corrected chi connectivity index (χ3v) is 4.01. The Balaban J connectivity index is 1.85. The van der Waals surface area contributed by atoms with Crippen LogP contribution in [0.25, 0.3) is 0 Å². The molecule has 116 valence electrons. The van der Waals surface area contributed by atoms with Crippen LogP contribution in [0.2, 0.25) is 5.02 Å². The van der Waals surface area contributed by atoms with Gasteiger partial charge in [-0.3, -0.25) is 9.59 Å². The number of aromatic amines is 1. The lowest BCUT2D eigenvalue weighted by molar-refractivity contribution is -0.115. The molecule has 0 unspecified atom stereocenters. The first kappa shape index (κ1) is 16.4. The minimum absolute atomic E-state index is 0.171. The largest absolute Gasteiger partial charge is 0.493 e. The highest BCUT2D eigenvalue weighted by Gasteiger charge is 2.06. The minimum atomic E-state index is -0.436. The van der Waals surface area contributed by atoms with Gasteiger partial charge in [-0.25, -0.2) is 0 Å². The van der Waals surface area contributed by atoms with E-state index in [9.17, 15) is 14.7 Å². The Labute approximate surface area is 135 Å². The van der Waals surface area contributed by atoms with E-state index in [-0.39, 0.29) is 23.4 Å². The molecule has 1 aromatic carbocycles.